The van der Waals surface area contributed by atoms with Crippen LogP contribution in [0.2, 0.25) is 0 Å². The van der Waals surface area contributed by atoms with E-state index < -0.39 is 0 Å². The van der Waals surface area contributed by atoms with Crippen molar-refractivity contribution in [2.24, 2.45) is 0 Å². The van der Waals surface area contributed by atoms with Gasteiger partial charge in [0.15, 0.2) is 5.78 Å². The van der Waals surface area contributed by atoms with Crippen LogP contribution in [0.3, 0.4) is 0 Å². The van der Waals surface area contributed by atoms with Crippen molar-refractivity contribution >= 4 is 17.4 Å². The molecule has 1 amide bonds. The number of carbonyl (C=O) groups is 2. The van der Waals surface area contributed by atoms with Gasteiger partial charge in [-0.05, 0) is 44.0 Å². The zero-order chi connectivity index (χ0) is 20.9. The number of Topliss-reactive ketones (excluding diaryl/α,β-unsaturated/α-hetero) is 1. The number of nitriles is 1. The van der Waals surface area contributed by atoms with E-state index in [0.717, 1.165) is 31.4 Å². The van der Waals surface area contributed by atoms with E-state index in [2.05, 4.69) is 10.6 Å². The fourth-order valence-electron chi connectivity index (χ4n) is 3.68. The van der Waals surface area contributed by atoms with Gasteiger partial charge in [-0.15, -0.1) is 0 Å². The maximum atomic E-state index is 12.6. The first-order valence-corrected chi connectivity index (χ1v) is 10.9. The van der Waals surface area contributed by atoms with Gasteiger partial charge >= 0.3 is 0 Å². The molecule has 0 atom stereocenters. The van der Waals surface area contributed by atoms with Crippen molar-refractivity contribution < 1.29 is 9.59 Å². The number of ketones is 1. The molecule has 0 radical (unpaired) electrons. The average Bonchev–Trinajstić information content (AvgIpc) is 2.71. The molecule has 1 aliphatic carbocycles. The van der Waals surface area contributed by atoms with Gasteiger partial charge in [-0.3, -0.25) is 9.59 Å². The quantitative estimate of drug-likeness (QED) is 0.392. The van der Waals surface area contributed by atoms with Gasteiger partial charge in [0.1, 0.15) is 11.6 Å². The largest absolute Gasteiger partial charge is 0.360 e. The van der Waals surface area contributed by atoms with E-state index in [-0.39, 0.29) is 23.3 Å². The fraction of sp³-hybridized carbons (Fsp3) is 0.542. The third-order valence-electron chi connectivity index (χ3n) is 5.48. The van der Waals surface area contributed by atoms with E-state index in [1.54, 1.807) is 24.3 Å². The highest BCUT2D eigenvalue weighted by Crippen LogP contribution is 2.17. The molecule has 1 aliphatic rings. The van der Waals surface area contributed by atoms with Gasteiger partial charge in [-0.2, -0.15) is 5.26 Å². The Kier molecular flexibility index (Phi) is 9.99. The van der Waals surface area contributed by atoms with E-state index >= 15 is 0 Å². The van der Waals surface area contributed by atoms with Crippen molar-refractivity contribution in [1.29, 1.82) is 5.26 Å². The first-order valence-electron chi connectivity index (χ1n) is 10.9. The molecule has 0 heterocycles. The summed E-state index contributed by atoms with van der Waals surface area (Å²) in [6, 6.07) is 9.07. The molecule has 0 bridgehead atoms. The minimum absolute atomic E-state index is 0.00112. The zero-order valence-electron chi connectivity index (χ0n) is 17.5. The lowest BCUT2D eigenvalue weighted by atomic mass is 9.98. The predicted molar refractivity (Wildman–Crippen MR) is 116 cm³/mol. The molecule has 0 aromatic heterocycles. The number of nitrogens with zero attached hydrogens (tertiary/aromatic N) is 1. The Bertz CT molecular complexity index is 719. The van der Waals surface area contributed by atoms with Crippen LogP contribution in [0.25, 0.3) is 0 Å². The van der Waals surface area contributed by atoms with Crippen LogP contribution in [0.15, 0.2) is 36.0 Å². The number of hydrogen-bond donors (Lipinski definition) is 2. The Morgan fingerprint density at radius 3 is 1.93 bits per heavy atom. The van der Waals surface area contributed by atoms with Crippen LogP contribution < -0.4 is 10.6 Å². The van der Waals surface area contributed by atoms with Crippen LogP contribution in [-0.4, -0.2) is 17.7 Å². The molecule has 0 unspecified atom stereocenters. The lowest BCUT2D eigenvalue weighted by Crippen LogP contribution is -2.35. The molecule has 5 heteroatoms. The van der Waals surface area contributed by atoms with E-state index in [1.165, 1.54) is 58.1 Å². The molecule has 1 fully saturated rings. The van der Waals surface area contributed by atoms with Crippen molar-refractivity contribution in [1.82, 2.24) is 5.32 Å². The molecule has 156 valence electrons. The number of hydrogen-bond acceptors (Lipinski definition) is 4. The van der Waals surface area contributed by atoms with Gasteiger partial charge < -0.3 is 10.6 Å². The topological polar surface area (TPSA) is 82.0 Å². The number of carbonyl (C=O) groups excluding carboxylic acids is 2. The Morgan fingerprint density at radius 2 is 1.45 bits per heavy atom. The summed E-state index contributed by atoms with van der Waals surface area (Å²) in [5.41, 5.74) is 1.41. The normalized spacial score (nSPS) is 17.3. The van der Waals surface area contributed by atoms with Gasteiger partial charge in [-0.25, -0.2) is 0 Å². The monoisotopic (exact) mass is 395 g/mol. The number of benzene rings is 1. The van der Waals surface area contributed by atoms with Crippen LogP contribution in [0.4, 0.5) is 5.69 Å². The second kappa shape index (κ2) is 12.8. The summed E-state index contributed by atoms with van der Waals surface area (Å²) >= 11 is 0. The van der Waals surface area contributed by atoms with Crippen molar-refractivity contribution in [2.45, 2.75) is 83.6 Å². The van der Waals surface area contributed by atoms with Crippen LogP contribution in [0, 0.1) is 11.3 Å². The molecular formula is C24H33N3O2. The first-order chi connectivity index (χ1) is 14.1. The van der Waals surface area contributed by atoms with Crippen molar-refractivity contribution in [3.8, 4) is 6.07 Å². The van der Waals surface area contributed by atoms with Gasteiger partial charge in [-0.1, -0.05) is 57.8 Å². The molecule has 1 aromatic rings. The second-order valence-electron chi connectivity index (χ2n) is 7.88. The minimum Gasteiger partial charge on any atom is -0.360 e. The second-order valence-corrected chi connectivity index (χ2v) is 7.88. The third-order valence-corrected chi connectivity index (χ3v) is 5.48. The summed E-state index contributed by atoms with van der Waals surface area (Å²) in [5, 5.41) is 15.5. The van der Waals surface area contributed by atoms with E-state index in [1.807, 2.05) is 6.07 Å². The Hall–Kier alpha value is -2.61. The highest BCUT2D eigenvalue weighted by atomic mass is 16.1. The van der Waals surface area contributed by atoms with Gasteiger partial charge in [0.05, 0.1) is 0 Å². The maximum absolute atomic E-state index is 12.6. The first kappa shape index (κ1) is 22.7. The molecule has 0 spiro atoms. The van der Waals surface area contributed by atoms with Crippen molar-refractivity contribution in [2.75, 3.05) is 5.32 Å². The standard InChI is InChI=1S/C24H33N3O2/c1-19(28)20-13-15-22(16-14-20)26-18-21(17-25)24(29)27-23-11-9-7-5-3-2-4-6-8-10-12-23/h13-16,18,23,26H,2-12H2,1H3,(H,27,29)/b21-18-. The third kappa shape index (κ3) is 8.51. The summed E-state index contributed by atoms with van der Waals surface area (Å²) in [6.45, 7) is 1.52. The lowest BCUT2D eigenvalue weighted by Gasteiger charge is -2.19. The van der Waals surface area contributed by atoms with Crippen LogP contribution in [0.5, 0.6) is 0 Å². The van der Waals surface area contributed by atoms with Gasteiger partial charge in [0.25, 0.3) is 5.91 Å². The SMILES string of the molecule is CC(=O)c1ccc(N/C=C(/C#N)C(=O)NC2CCCCCCCCCCC2)cc1. The van der Waals surface area contributed by atoms with E-state index in [9.17, 15) is 14.9 Å². The van der Waals surface area contributed by atoms with Crippen molar-refractivity contribution in [3.63, 3.8) is 0 Å². The smallest absolute Gasteiger partial charge is 0.263 e. The summed E-state index contributed by atoms with van der Waals surface area (Å²) in [7, 11) is 0. The van der Waals surface area contributed by atoms with Crippen LogP contribution in [-0.2, 0) is 4.79 Å². The average molecular weight is 396 g/mol. The molecule has 1 saturated carbocycles. The van der Waals surface area contributed by atoms with Gasteiger partial charge in [0, 0.05) is 23.5 Å². The maximum Gasteiger partial charge on any atom is 0.263 e. The number of nitrogens with one attached hydrogen (secondary N) is 2. The molecular weight excluding hydrogens is 362 g/mol. The molecule has 5 nitrogen and oxygen atoms in total. The Morgan fingerprint density at radius 1 is 0.931 bits per heavy atom. The zero-order valence-corrected chi connectivity index (χ0v) is 17.5. The summed E-state index contributed by atoms with van der Waals surface area (Å²) in [6.07, 6.45) is 14.6. The van der Waals surface area contributed by atoms with Crippen LogP contribution >= 0.6 is 0 Å². The highest BCUT2D eigenvalue weighted by Gasteiger charge is 2.16. The predicted octanol–water partition coefficient (Wildman–Crippen LogP) is 5.50. The fourth-order valence-corrected chi connectivity index (χ4v) is 3.68. The molecule has 2 N–H and O–H groups in total. The number of anilines is 1. The molecule has 2 rings (SSSR count). The van der Waals surface area contributed by atoms with Crippen LogP contribution in [0.1, 0.15) is 87.9 Å². The summed E-state index contributed by atoms with van der Waals surface area (Å²) in [5.74, 6) is -0.321. The molecule has 0 aliphatic heterocycles. The number of amides is 1. The minimum atomic E-state index is -0.322. The molecule has 1 aromatic carbocycles. The summed E-state index contributed by atoms with van der Waals surface area (Å²) < 4.78 is 0. The summed E-state index contributed by atoms with van der Waals surface area (Å²) in [4.78, 5) is 23.9. The highest BCUT2D eigenvalue weighted by molar-refractivity contribution is 5.97. The Labute approximate surface area is 174 Å². The van der Waals surface area contributed by atoms with E-state index in [0.29, 0.717) is 5.56 Å². The molecule has 29 heavy (non-hydrogen) atoms. The van der Waals surface area contributed by atoms with Crippen molar-refractivity contribution in [3.05, 3.63) is 41.6 Å². The Balaban J connectivity index is 1.92. The van der Waals surface area contributed by atoms with Gasteiger partial charge in [0.2, 0.25) is 0 Å². The molecule has 0 saturated heterocycles. The number of rotatable bonds is 5. The van der Waals surface area contributed by atoms with E-state index in [4.69, 9.17) is 0 Å². The lowest BCUT2D eigenvalue weighted by molar-refractivity contribution is -0.117.